The lowest BCUT2D eigenvalue weighted by Gasteiger charge is -2.01. The van der Waals surface area contributed by atoms with Crippen molar-refractivity contribution in [3.05, 3.63) is 76.8 Å². The Hall–Kier alpha value is -2.44. The largest absolute Gasteiger partial charge is 0.297 e. The van der Waals surface area contributed by atoms with Gasteiger partial charge in [-0.2, -0.15) is 0 Å². The molecule has 1 N–H and O–H groups in total. The van der Waals surface area contributed by atoms with Crippen LogP contribution in [0.5, 0.6) is 0 Å². The number of hydrogen-bond acceptors (Lipinski definition) is 5. The van der Waals surface area contributed by atoms with E-state index in [1.807, 2.05) is 54.6 Å². The molecular weight excluding hydrogens is 350 g/mol. The van der Waals surface area contributed by atoms with E-state index in [9.17, 15) is 4.79 Å². The molecule has 1 amide bonds. The van der Waals surface area contributed by atoms with Crippen LogP contribution in [0.4, 0.5) is 5.13 Å². The standard InChI is InChI=1S/C19H17N3OS2/c1-14(12-15-8-4-2-5-9-15)18(23)20-19-22-21-17(25-19)13-24-16-10-6-3-7-11-16/h2-12H,13H2,1H3,(H,20,22,23)/b14-12+. The molecule has 1 heterocycles. The van der Waals surface area contributed by atoms with Crippen molar-refractivity contribution < 1.29 is 4.79 Å². The van der Waals surface area contributed by atoms with Gasteiger partial charge in [-0.15, -0.1) is 22.0 Å². The van der Waals surface area contributed by atoms with Crippen LogP contribution in [0.2, 0.25) is 0 Å². The summed E-state index contributed by atoms with van der Waals surface area (Å²) >= 11 is 3.10. The van der Waals surface area contributed by atoms with E-state index in [0.29, 0.717) is 10.7 Å². The first-order chi connectivity index (χ1) is 12.2. The molecule has 0 fully saturated rings. The minimum atomic E-state index is -0.165. The molecule has 0 spiro atoms. The molecule has 0 aliphatic heterocycles. The summed E-state index contributed by atoms with van der Waals surface area (Å²) in [4.78, 5) is 13.4. The van der Waals surface area contributed by atoms with Crippen LogP contribution in [0.3, 0.4) is 0 Å². The van der Waals surface area contributed by atoms with Crippen LogP contribution in [-0.2, 0) is 10.5 Å². The zero-order valence-electron chi connectivity index (χ0n) is 13.7. The second kappa shape index (κ2) is 8.60. The number of amides is 1. The summed E-state index contributed by atoms with van der Waals surface area (Å²) in [5, 5.41) is 12.4. The lowest BCUT2D eigenvalue weighted by molar-refractivity contribution is -0.112. The number of thioether (sulfide) groups is 1. The first kappa shape index (κ1) is 17.4. The van der Waals surface area contributed by atoms with Crippen LogP contribution in [0.25, 0.3) is 6.08 Å². The summed E-state index contributed by atoms with van der Waals surface area (Å²) < 4.78 is 0. The van der Waals surface area contributed by atoms with Gasteiger partial charge in [0.2, 0.25) is 5.13 Å². The maximum Gasteiger partial charge on any atom is 0.253 e. The molecule has 2 aromatic carbocycles. The van der Waals surface area contributed by atoms with E-state index in [1.54, 1.807) is 18.7 Å². The minimum absolute atomic E-state index is 0.165. The predicted molar refractivity (Wildman–Crippen MR) is 105 cm³/mol. The van der Waals surface area contributed by atoms with Crippen molar-refractivity contribution in [3.63, 3.8) is 0 Å². The molecule has 0 aliphatic carbocycles. The van der Waals surface area contributed by atoms with Gasteiger partial charge >= 0.3 is 0 Å². The lowest BCUT2D eigenvalue weighted by atomic mass is 10.1. The number of nitrogens with zero attached hydrogens (tertiary/aromatic N) is 2. The monoisotopic (exact) mass is 367 g/mol. The molecule has 0 bridgehead atoms. The summed E-state index contributed by atoms with van der Waals surface area (Å²) in [7, 11) is 0. The van der Waals surface area contributed by atoms with Crippen molar-refractivity contribution in [1.29, 1.82) is 0 Å². The third kappa shape index (κ3) is 5.27. The van der Waals surface area contributed by atoms with E-state index >= 15 is 0 Å². The van der Waals surface area contributed by atoms with Crippen molar-refractivity contribution >= 4 is 40.2 Å². The first-order valence-electron chi connectivity index (χ1n) is 7.75. The Morgan fingerprint density at radius 1 is 1.08 bits per heavy atom. The highest BCUT2D eigenvalue weighted by Crippen LogP contribution is 2.25. The van der Waals surface area contributed by atoms with Gasteiger partial charge in [-0.3, -0.25) is 10.1 Å². The van der Waals surface area contributed by atoms with Gasteiger partial charge in [0.15, 0.2) is 0 Å². The van der Waals surface area contributed by atoms with Gasteiger partial charge < -0.3 is 0 Å². The average Bonchev–Trinajstić information content (AvgIpc) is 3.09. The summed E-state index contributed by atoms with van der Waals surface area (Å²) in [5.41, 5.74) is 1.62. The maximum absolute atomic E-state index is 12.3. The molecule has 6 heteroatoms. The number of rotatable bonds is 6. The van der Waals surface area contributed by atoms with Crippen LogP contribution in [0.1, 0.15) is 17.5 Å². The fourth-order valence-electron chi connectivity index (χ4n) is 2.08. The molecule has 0 atom stereocenters. The molecule has 3 rings (SSSR count). The Balaban J connectivity index is 1.57. The number of nitrogens with one attached hydrogen (secondary N) is 1. The number of carbonyl (C=O) groups is 1. The maximum atomic E-state index is 12.3. The molecule has 0 radical (unpaired) electrons. The van der Waals surface area contributed by atoms with E-state index in [0.717, 1.165) is 16.3 Å². The molecule has 1 aromatic heterocycles. The van der Waals surface area contributed by atoms with Crippen molar-refractivity contribution in [1.82, 2.24) is 10.2 Å². The van der Waals surface area contributed by atoms with Crippen LogP contribution in [0.15, 0.2) is 71.1 Å². The number of hydrogen-bond donors (Lipinski definition) is 1. The number of aromatic nitrogens is 2. The minimum Gasteiger partial charge on any atom is -0.297 e. The van der Waals surface area contributed by atoms with Gasteiger partial charge in [0, 0.05) is 10.5 Å². The molecule has 0 saturated carbocycles. The van der Waals surface area contributed by atoms with Gasteiger partial charge in [-0.05, 0) is 30.7 Å². The van der Waals surface area contributed by atoms with E-state index in [1.165, 1.54) is 16.2 Å². The van der Waals surface area contributed by atoms with E-state index < -0.39 is 0 Å². The molecule has 4 nitrogen and oxygen atoms in total. The van der Waals surface area contributed by atoms with Gasteiger partial charge in [0.1, 0.15) is 5.01 Å². The Kier molecular flexibility index (Phi) is 5.98. The van der Waals surface area contributed by atoms with Crippen molar-refractivity contribution in [3.8, 4) is 0 Å². The van der Waals surface area contributed by atoms with Gasteiger partial charge in [-0.1, -0.05) is 59.9 Å². The Labute approximate surface area is 155 Å². The van der Waals surface area contributed by atoms with Crippen molar-refractivity contribution in [2.45, 2.75) is 17.6 Å². The lowest BCUT2D eigenvalue weighted by Crippen LogP contribution is -2.12. The highest BCUT2D eigenvalue weighted by molar-refractivity contribution is 7.98. The van der Waals surface area contributed by atoms with Gasteiger partial charge in [-0.25, -0.2) is 0 Å². The number of carbonyl (C=O) groups excluding carboxylic acids is 1. The third-order valence-corrected chi connectivity index (χ3v) is 5.38. The summed E-state index contributed by atoms with van der Waals surface area (Å²) in [6.45, 7) is 1.79. The Morgan fingerprint density at radius 2 is 1.76 bits per heavy atom. The highest BCUT2D eigenvalue weighted by Gasteiger charge is 2.10. The van der Waals surface area contributed by atoms with Crippen LogP contribution in [-0.4, -0.2) is 16.1 Å². The fourth-order valence-corrected chi connectivity index (χ4v) is 3.72. The van der Waals surface area contributed by atoms with Crippen LogP contribution >= 0.6 is 23.1 Å². The van der Waals surface area contributed by atoms with E-state index in [4.69, 9.17) is 0 Å². The van der Waals surface area contributed by atoms with Gasteiger partial charge in [0.05, 0.1) is 5.75 Å². The second-order valence-electron chi connectivity index (χ2n) is 5.29. The molecular formula is C19H17N3OS2. The summed E-state index contributed by atoms with van der Waals surface area (Å²) in [6.07, 6.45) is 1.85. The zero-order valence-corrected chi connectivity index (χ0v) is 15.3. The average molecular weight is 367 g/mol. The smallest absolute Gasteiger partial charge is 0.253 e. The third-order valence-electron chi connectivity index (χ3n) is 3.33. The van der Waals surface area contributed by atoms with Gasteiger partial charge in [0.25, 0.3) is 5.91 Å². The molecule has 25 heavy (non-hydrogen) atoms. The SMILES string of the molecule is C/C(=C\c1ccccc1)C(=O)Nc1nnc(CSc2ccccc2)s1. The Morgan fingerprint density at radius 3 is 2.48 bits per heavy atom. The highest BCUT2D eigenvalue weighted by atomic mass is 32.2. The molecule has 126 valence electrons. The molecule has 3 aromatic rings. The predicted octanol–water partition coefficient (Wildman–Crippen LogP) is 4.87. The fraction of sp³-hybridized carbons (Fsp3) is 0.105. The molecule has 0 aliphatic rings. The van der Waals surface area contributed by atoms with Crippen molar-refractivity contribution in [2.24, 2.45) is 0 Å². The first-order valence-corrected chi connectivity index (χ1v) is 9.56. The van der Waals surface area contributed by atoms with Crippen LogP contribution in [0, 0.1) is 0 Å². The Bertz CT molecular complexity index is 861. The second-order valence-corrected chi connectivity index (χ2v) is 7.41. The molecule has 0 unspecified atom stereocenters. The topological polar surface area (TPSA) is 54.9 Å². The normalized spacial score (nSPS) is 11.3. The number of benzene rings is 2. The van der Waals surface area contributed by atoms with E-state index in [-0.39, 0.29) is 5.91 Å². The summed E-state index contributed by atoms with van der Waals surface area (Å²) in [6, 6.07) is 19.9. The molecule has 0 saturated heterocycles. The quantitative estimate of drug-likeness (QED) is 0.499. The van der Waals surface area contributed by atoms with Crippen LogP contribution < -0.4 is 5.32 Å². The van der Waals surface area contributed by atoms with Crippen molar-refractivity contribution in [2.75, 3.05) is 5.32 Å². The zero-order chi connectivity index (χ0) is 17.5. The van der Waals surface area contributed by atoms with E-state index in [2.05, 4.69) is 27.6 Å². The number of anilines is 1. The summed E-state index contributed by atoms with van der Waals surface area (Å²) in [5.74, 6) is 0.568.